The number of fused-ring (bicyclic) bond motifs is 2. The molecule has 1 N–H and O–H groups in total. The summed E-state index contributed by atoms with van der Waals surface area (Å²) < 4.78 is 24.3. The lowest BCUT2D eigenvalue weighted by molar-refractivity contribution is 0.0521. The zero-order valence-corrected chi connectivity index (χ0v) is 14.9. The molecule has 1 aliphatic heterocycles. The maximum Gasteiger partial charge on any atom is 0.156 e. The van der Waals surface area contributed by atoms with Gasteiger partial charge in [-0.3, -0.25) is 0 Å². The van der Waals surface area contributed by atoms with Crippen molar-refractivity contribution in [2.75, 3.05) is 6.61 Å². The van der Waals surface area contributed by atoms with Crippen molar-refractivity contribution in [3.63, 3.8) is 0 Å². The Labute approximate surface area is 152 Å². The number of nitrogens with zero attached hydrogens (tertiary/aromatic N) is 3. The van der Waals surface area contributed by atoms with Crippen LogP contribution in [0.3, 0.4) is 0 Å². The Morgan fingerprint density at radius 2 is 2.24 bits per heavy atom. The fraction of sp³-hybridized carbons (Fsp3) is 0.471. The quantitative estimate of drug-likeness (QED) is 0.465. The van der Waals surface area contributed by atoms with Gasteiger partial charge in [0, 0.05) is 6.42 Å². The third kappa shape index (κ3) is 3.32. The summed E-state index contributed by atoms with van der Waals surface area (Å²) in [4.78, 5) is 0. The van der Waals surface area contributed by atoms with Gasteiger partial charge in [0.1, 0.15) is 17.2 Å². The first-order valence-electron chi connectivity index (χ1n) is 8.22. The highest BCUT2D eigenvalue weighted by molar-refractivity contribution is 9.10. The summed E-state index contributed by atoms with van der Waals surface area (Å²) in [6, 6.07) is 4.67. The van der Waals surface area contributed by atoms with E-state index < -0.39 is 0 Å². The van der Waals surface area contributed by atoms with Crippen LogP contribution in [0.15, 0.2) is 32.5 Å². The minimum Gasteiger partial charge on any atom is -0.411 e. The van der Waals surface area contributed by atoms with Crippen LogP contribution in [0.5, 0.6) is 0 Å². The Morgan fingerprint density at radius 3 is 2.92 bits per heavy atom. The van der Waals surface area contributed by atoms with E-state index in [0.29, 0.717) is 45.9 Å². The summed E-state index contributed by atoms with van der Waals surface area (Å²) in [5.74, 6) is 0.704. The van der Waals surface area contributed by atoms with Crippen molar-refractivity contribution >= 4 is 21.6 Å². The molecule has 2 fully saturated rings. The van der Waals surface area contributed by atoms with E-state index in [9.17, 15) is 9.60 Å². The van der Waals surface area contributed by atoms with Crippen molar-refractivity contribution in [2.24, 2.45) is 17.0 Å². The van der Waals surface area contributed by atoms with E-state index >= 15 is 0 Å². The highest BCUT2D eigenvalue weighted by Gasteiger charge is 2.41. The maximum absolute atomic E-state index is 13.4. The number of halogens is 2. The second-order valence-corrected chi connectivity index (χ2v) is 7.54. The monoisotopic (exact) mass is 409 g/mol. The number of aromatic nitrogens is 2. The van der Waals surface area contributed by atoms with Crippen LogP contribution in [0.4, 0.5) is 4.39 Å². The highest BCUT2D eigenvalue weighted by atomic mass is 79.9. The van der Waals surface area contributed by atoms with Crippen LogP contribution in [-0.4, -0.2) is 33.9 Å². The van der Waals surface area contributed by atoms with Gasteiger partial charge in [0.25, 0.3) is 0 Å². The third-order valence-electron chi connectivity index (χ3n) is 5.11. The van der Waals surface area contributed by atoms with Gasteiger partial charge in [0.15, 0.2) is 5.69 Å². The molecule has 3 unspecified atom stereocenters. The summed E-state index contributed by atoms with van der Waals surface area (Å²) in [5.41, 5.74) is 2.32. The molecule has 0 radical (unpaired) electrons. The molecule has 3 atom stereocenters. The van der Waals surface area contributed by atoms with Crippen molar-refractivity contribution in [1.82, 2.24) is 10.3 Å². The van der Waals surface area contributed by atoms with E-state index in [4.69, 9.17) is 9.37 Å². The number of hydrogen-bond acceptors (Lipinski definition) is 6. The number of rotatable bonds is 5. The van der Waals surface area contributed by atoms with Gasteiger partial charge in [-0.15, -0.1) is 0 Å². The first-order valence-corrected chi connectivity index (χ1v) is 9.01. The normalized spacial score (nSPS) is 25.7. The Bertz CT molecular complexity index is 810. The van der Waals surface area contributed by atoms with Crippen LogP contribution in [0, 0.1) is 17.7 Å². The van der Waals surface area contributed by atoms with Crippen LogP contribution < -0.4 is 0 Å². The van der Waals surface area contributed by atoms with Gasteiger partial charge in [-0.2, -0.15) is 0 Å². The molecule has 1 aliphatic carbocycles. The van der Waals surface area contributed by atoms with Crippen LogP contribution in [-0.2, 0) is 17.6 Å². The van der Waals surface area contributed by atoms with Crippen molar-refractivity contribution in [1.29, 1.82) is 0 Å². The molecule has 2 bridgehead atoms. The average Bonchev–Trinajstić information content (AvgIpc) is 3.33. The van der Waals surface area contributed by atoms with Gasteiger partial charge in [0.2, 0.25) is 0 Å². The summed E-state index contributed by atoms with van der Waals surface area (Å²) in [5, 5.41) is 20.8. The molecule has 1 saturated carbocycles. The van der Waals surface area contributed by atoms with E-state index in [-0.39, 0.29) is 5.82 Å². The Kier molecular flexibility index (Phi) is 4.56. The lowest BCUT2D eigenvalue weighted by atomic mass is 9.90. The first kappa shape index (κ1) is 16.7. The fourth-order valence-corrected chi connectivity index (χ4v) is 4.25. The zero-order chi connectivity index (χ0) is 17.4. The van der Waals surface area contributed by atoms with Crippen molar-refractivity contribution in [3.05, 3.63) is 45.4 Å². The molecule has 2 heterocycles. The highest BCUT2D eigenvalue weighted by Crippen LogP contribution is 2.41. The minimum absolute atomic E-state index is 0.302. The van der Waals surface area contributed by atoms with Crippen LogP contribution >= 0.6 is 15.9 Å². The SMILES string of the molecule is ON=C(Cc1ccc(F)c(Br)c1)c1nonc1CC1CC2CC1CO2. The lowest BCUT2D eigenvalue weighted by Crippen LogP contribution is -2.21. The molecule has 8 heteroatoms. The van der Waals surface area contributed by atoms with Gasteiger partial charge in [-0.25, -0.2) is 9.02 Å². The number of benzene rings is 1. The standard InChI is InChI=1S/C17H17BrFN3O3/c18-13-3-9(1-2-14(13)19)4-15(20-23)17-16(21-25-22-17)7-10-5-12-6-11(10)8-24-12/h1-3,10-12,23H,4-8H2. The Balaban J connectivity index is 1.52. The summed E-state index contributed by atoms with van der Waals surface area (Å²) in [6.07, 6.45) is 3.52. The molecule has 2 aliphatic rings. The fourth-order valence-electron chi connectivity index (χ4n) is 3.82. The van der Waals surface area contributed by atoms with Crippen molar-refractivity contribution < 1.29 is 19.0 Å². The van der Waals surface area contributed by atoms with E-state index in [2.05, 4.69) is 31.4 Å². The predicted octanol–water partition coefficient (Wildman–Crippen LogP) is 3.36. The van der Waals surface area contributed by atoms with Crippen LogP contribution in [0.2, 0.25) is 0 Å². The van der Waals surface area contributed by atoms with Gasteiger partial charge >= 0.3 is 0 Å². The molecule has 2 aromatic rings. The van der Waals surface area contributed by atoms with Gasteiger partial charge in [0.05, 0.1) is 17.2 Å². The van der Waals surface area contributed by atoms with E-state index in [1.54, 1.807) is 12.1 Å². The van der Waals surface area contributed by atoms with Crippen molar-refractivity contribution in [3.8, 4) is 0 Å². The molecule has 1 aromatic heterocycles. The predicted molar refractivity (Wildman–Crippen MR) is 90.1 cm³/mol. The molecular weight excluding hydrogens is 393 g/mol. The van der Waals surface area contributed by atoms with Gasteiger partial charge in [-0.1, -0.05) is 16.4 Å². The second kappa shape index (κ2) is 6.84. The summed E-state index contributed by atoms with van der Waals surface area (Å²) >= 11 is 3.16. The molecule has 132 valence electrons. The number of ether oxygens (including phenoxy) is 1. The molecule has 0 amide bonds. The third-order valence-corrected chi connectivity index (χ3v) is 5.71. The molecule has 1 aromatic carbocycles. The minimum atomic E-state index is -0.339. The van der Waals surface area contributed by atoms with Crippen LogP contribution in [0.1, 0.15) is 29.8 Å². The second-order valence-electron chi connectivity index (χ2n) is 6.68. The largest absolute Gasteiger partial charge is 0.411 e. The van der Waals surface area contributed by atoms with E-state index in [1.165, 1.54) is 6.07 Å². The molecular formula is C17H17BrFN3O3. The Morgan fingerprint density at radius 1 is 1.36 bits per heavy atom. The molecule has 6 nitrogen and oxygen atoms in total. The first-order chi connectivity index (χ1) is 12.1. The van der Waals surface area contributed by atoms with Crippen molar-refractivity contribution in [2.45, 2.75) is 31.8 Å². The van der Waals surface area contributed by atoms with E-state index in [0.717, 1.165) is 31.4 Å². The topological polar surface area (TPSA) is 80.7 Å². The smallest absolute Gasteiger partial charge is 0.156 e. The van der Waals surface area contributed by atoms with Gasteiger partial charge < -0.3 is 9.94 Å². The summed E-state index contributed by atoms with van der Waals surface area (Å²) in [7, 11) is 0. The Hall–Kier alpha value is -1.80. The number of oxime groups is 1. The lowest BCUT2D eigenvalue weighted by Gasteiger charge is -2.20. The number of hydrogen-bond donors (Lipinski definition) is 1. The molecule has 4 rings (SSSR count). The van der Waals surface area contributed by atoms with Crippen LogP contribution in [0.25, 0.3) is 0 Å². The molecule has 0 spiro atoms. The van der Waals surface area contributed by atoms with Gasteiger partial charge in [-0.05, 0) is 69.9 Å². The van der Waals surface area contributed by atoms with E-state index in [1.807, 2.05) is 0 Å². The molecule has 25 heavy (non-hydrogen) atoms. The maximum atomic E-state index is 13.4. The average molecular weight is 410 g/mol. The summed E-state index contributed by atoms with van der Waals surface area (Å²) in [6.45, 7) is 0.806. The zero-order valence-electron chi connectivity index (χ0n) is 13.4. The molecule has 1 saturated heterocycles.